The van der Waals surface area contributed by atoms with Crippen LogP contribution in [0.15, 0.2) is 23.1 Å². The summed E-state index contributed by atoms with van der Waals surface area (Å²) in [6, 6.07) is 4.36. The lowest BCUT2D eigenvalue weighted by molar-refractivity contribution is -0.116. The van der Waals surface area contributed by atoms with Gasteiger partial charge >= 0.3 is 0 Å². The van der Waals surface area contributed by atoms with E-state index in [-0.39, 0.29) is 17.2 Å². The van der Waals surface area contributed by atoms with Crippen LogP contribution in [0.5, 0.6) is 0 Å². The van der Waals surface area contributed by atoms with Gasteiger partial charge in [0.15, 0.2) is 0 Å². The van der Waals surface area contributed by atoms with Crippen LogP contribution in [-0.4, -0.2) is 19.9 Å². The zero-order chi connectivity index (χ0) is 15.6. The molecule has 0 bridgehead atoms. The van der Waals surface area contributed by atoms with Crippen LogP contribution in [0, 0.1) is 6.92 Å². The molecule has 7 heteroatoms. The van der Waals surface area contributed by atoms with Crippen LogP contribution in [0.4, 0.5) is 5.69 Å². The van der Waals surface area contributed by atoms with E-state index in [9.17, 15) is 13.2 Å². The van der Waals surface area contributed by atoms with E-state index in [1.54, 1.807) is 13.0 Å². The second-order valence-corrected chi connectivity index (χ2v) is 7.12. The van der Waals surface area contributed by atoms with Gasteiger partial charge in [0.05, 0.1) is 4.90 Å². The SMILES string of the molecule is Cc1ccc(S(N)(=O)=O)cc1NC(=O)CCC(C)(C)N. The number of carbonyl (C=O) groups excluding carboxylic acids is 1. The fourth-order valence-corrected chi connectivity index (χ4v) is 2.10. The molecule has 0 saturated heterocycles. The van der Waals surface area contributed by atoms with Crippen molar-refractivity contribution in [2.75, 3.05) is 5.32 Å². The van der Waals surface area contributed by atoms with Gasteiger partial charge in [0.2, 0.25) is 15.9 Å². The second-order valence-electron chi connectivity index (χ2n) is 5.56. The Morgan fingerprint density at radius 2 is 1.95 bits per heavy atom. The highest BCUT2D eigenvalue weighted by Crippen LogP contribution is 2.20. The Morgan fingerprint density at radius 3 is 2.45 bits per heavy atom. The van der Waals surface area contributed by atoms with E-state index in [4.69, 9.17) is 10.9 Å². The summed E-state index contributed by atoms with van der Waals surface area (Å²) in [7, 11) is -3.78. The third-order valence-corrected chi connectivity index (χ3v) is 3.72. The number of benzene rings is 1. The lowest BCUT2D eigenvalue weighted by atomic mass is 10.00. The van der Waals surface area contributed by atoms with Crippen molar-refractivity contribution >= 4 is 21.6 Å². The van der Waals surface area contributed by atoms with Gasteiger partial charge in [-0.25, -0.2) is 13.6 Å². The van der Waals surface area contributed by atoms with Crippen LogP contribution in [0.2, 0.25) is 0 Å². The summed E-state index contributed by atoms with van der Waals surface area (Å²) in [5.41, 5.74) is 6.59. The molecule has 112 valence electrons. The maximum absolute atomic E-state index is 11.8. The number of carbonyl (C=O) groups is 1. The van der Waals surface area contributed by atoms with Crippen LogP contribution < -0.4 is 16.2 Å². The van der Waals surface area contributed by atoms with Crippen molar-refractivity contribution in [2.45, 2.75) is 44.0 Å². The van der Waals surface area contributed by atoms with E-state index in [0.717, 1.165) is 5.56 Å². The number of rotatable bonds is 5. The summed E-state index contributed by atoms with van der Waals surface area (Å²) >= 11 is 0. The Morgan fingerprint density at radius 1 is 1.35 bits per heavy atom. The molecule has 0 unspecified atom stereocenters. The maximum Gasteiger partial charge on any atom is 0.238 e. The molecule has 0 saturated carbocycles. The van der Waals surface area contributed by atoms with Crippen LogP contribution in [-0.2, 0) is 14.8 Å². The van der Waals surface area contributed by atoms with Gasteiger partial charge in [-0.15, -0.1) is 0 Å². The predicted octanol–water partition coefficient (Wildman–Crippen LogP) is 1.10. The van der Waals surface area contributed by atoms with Crippen LogP contribution in [0.1, 0.15) is 32.3 Å². The molecule has 1 aromatic carbocycles. The largest absolute Gasteiger partial charge is 0.326 e. The Bertz CT molecular complexity index is 604. The Hall–Kier alpha value is -1.44. The molecule has 20 heavy (non-hydrogen) atoms. The standard InChI is InChI=1S/C13H21N3O3S/c1-9-4-5-10(20(15,18)19)8-11(9)16-12(17)6-7-13(2,3)14/h4-5,8H,6-7,14H2,1-3H3,(H,16,17)(H2,15,18,19). The molecule has 0 aliphatic rings. The van der Waals surface area contributed by atoms with Crippen molar-refractivity contribution in [3.8, 4) is 0 Å². The molecule has 1 rings (SSSR count). The van der Waals surface area contributed by atoms with Crippen molar-refractivity contribution in [3.05, 3.63) is 23.8 Å². The molecular weight excluding hydrogens is 278 g/mol. The van der Waals surface area contributed by atoms with Crippen LogP contribution >= 0.6 is 0 Å². The molecule has 0 aliphatic carbocycles. The molecule has 1 aromatic rings. The number of primary sulfonamides is 1. The van der Waals surface area contributed by atoms with Gasteiger partial charge in [0, 0.05) is 17.6 Å². The monoisotopic (exact) mass is 299 g/mol. The average molecular weight is 299 g/mol. The van der Waals surface area contributed by atoms with Crippen molar-refractivity contribution in [2.24, 2.45) is 10.9 Å². The van der Waals surface area contributed by atoms with Crippen molar-refractivity contribution < 1.29 is 13.2 Å². The molecule has 1 amide bonds. The van der Waals surface area contributed by atoms with Gasteiger partial charge in [-0.3, -0.25) is 4.79 Å². The lowest BCUT2D eigenvalue weighted by Gasteiger charge is -2.18. The number of sulfonamides is 1. The second kappa shape index (κ2) is 5.90. The molecule has 0 aromatic heterocycles. The van der Waals surface area contributed by atoms with Gasteiger partial charge in [0.1, 0.15) is 0 Å². The highest BCUT2D eigenvalue weighted by Gasteiger charge is 2.15. The molecule has 0 spiro atoms. The number of aryl methyl sites for hydroxylation is 1. The summed E-state index contributed by atoms with van der Waals surface area (Å²) in [4.78, 5) is 11.8. The van der Waals surface area contributed by atoms with Crippen molar-refractivity contribution in [3.63, 3.8) is 0 Å². The first-order valence-corrected chi connectivity index (χ1v) is 7.76. The number of nitrogens with two attached hydrogens (primary N) is 2. The van der Waals surface area contributed by atoms with Gasteiger partial charge in [-0.1, -0.05) is 6.07 Å². The number of amides is 1. The number of hydrogen-bond acceptors (Lipinski definition) is 4. The van der Waals surface area contributed by atoms with Crippen LogP contribution in [0.3, 0.4) is 0 Å². The molecule has 0 fully saturated rings. The smallest absolute Gasteiger partial charge is 0.238 e. The number of anilines is 1. The zero-order valence-corrected chi connectivity index (χ0v) is 12.8. The van der Waals surface area contributed by atoms with E-state index in [1.165, 1.54) is 12.1 Å². The van der Waals surface area contributed by atoms with E-state index >= 15 is 0 Å². The number of nitrogens with one attached hydrogen (secondary N) is 1. The molecule has 0 heterocycles. The van der Waals surface area contributed by atoms with E-state index < -0.39 is 15.6 Å². The summed E-state index contributed by atoms with van der Waals surface area (Å²) in [5, 5.41) is 7.75. The highest BCUT2D eigenvalue weighted by atomic mass is 32.2. The van der Waals surface area contributed by atoms with Gasteiger partial charge in [0.25, 0.3) is 0 Å². The zero-order valence-electron chi connectivity index (χ0n) is 11.9. The summed E-state index contributed by atoms with van der Waals surface area (Å²) < 4.78 is 22.6. The topological polar surface area (TPSA) is 115 Å². The van der Waals surface area contributed by atoms with Crippen LogP contribution in [0.25, 0.3) is 0 Å². The molecule has 5 N–H and O–H groups in total. The van der Waals surface area contributed by atoms with Crippen molar-refractivity contribution in [1.82, 2.24) is 0 Å². The van der Waals surface area contributed by atoms with E-state index in [2.05, 4.69) is 5.32 Å². The molecular formula is C13H21N3O3S. The summed E-state index contributed by atoms with van der Waals surface area (Å²) in [6.45, 7) is 5.45. The molecule has 6 nitrogen and oxygen atoms in total. The lowest BCUT2D eigenvalue weighted by Crippen LogP contribution is -2.33. The third-order valence-electron chi connectivity index (χ3n) is 2.81. The summed E-state index contributed by atoms with van der Waals surface area (Å²) in [6.07, 6.45) is 0.801. The Balaban J connectivity index is 2.85. The molecule has 0 radical (unpaired) electrons. The average Bonchev–Trinajstić information content (AvgIpc) is 2.27. The minimum absolute atomic E-state index is 0.0300. The van der Waals surface area contributed by atoms with Gasteiger partial charge in [-0.05, 0) is 44.9 Å². The summed E-state index contributed by atoms with van der Waals surface area (Å²) in [5.74, 6) is -0.210. The first kappa shape index (κ1) is 16.6. The minimum atomic E-state index is -3.78. The van der Waals surface area contributed by atoms with E-state index in [0.29, 0.717) is 12.1 Å². The Kier molecular flexibility index (Phi) is 4.90. The minimum Gasteiger partial charge on any atom is -0.326 e. The van der Waals surface area contributed by atoms with Crippen molar-refractivity contribution in [1.29, 1.82) is 0 Å². The first-order chi connectivity index (χ1) is 8.99. The quantitative estimate of drug-likeness (QED) is 0.755. The normalized spacial score (nSPS) is 12.2. The molecule has 0 atom stereocenters. The number of hydrogen-bond donors (Lipinski definition) is 3. The van der Waals surface area contributed by atoms with Gasteiger partial charge < -0.3 is 11.1 Å². The van der Waals surface area contributed by atoms with Gasteiger partial charge in [-0.2, -0.15) is 0 Å². The fraction of sp³-hybridized carbons (Fsp3) is 0.462. The highest BCUT2D eigenvalue weighted by molar-refractivity contribution is 7.89. The Labute approximate surface area is 119 Å². The van der Waals surface area contributed by atoms with E-state index in [1.807, 2.05) is 13.8 Å². The third kappa shape index (κ3) is 5.28. The molecule has 0 aliphatic heterocycles. The maximum atomic E-state index is 11.8. The fourth-order valence-electron chi connectivity index (χ4n) is 1.56. The predicted molar refractivity (Wildman–Crippen MR) is 78.7 cm³/mol. The first-order valence-electron chi connectivity index (χ1n) is 6.21.